The average Bonchev–Trinajstić information content (AvgIpc) is 3.58. The van der Waals surface area contributed by atoms with Crippen molar-refractivity contribution < 1.29 is 28.7 Å². The second kappa shape index (κ2) is 13.3. The Morgan fingerprint density at radius 2 is 1.56 bits per heavy atom. The molecule has 4 rings (SSSR count). The zero-order valence-electron chi connectivity index (χ0n) is 24.1. The van der Waals surface area contributed by atoms with Crippen LogP contribution in [-0.4, -0.2) is 85.5 Å². The SMILES string of the molecule is COc1ccc(CC(NC(=O)C(C)NC(=O)C2CCCN2C)C(=O)NC(Cc2ccccc2)C(=O)C2(C)CO2)cc1. The molecule has 2 aliphatic rings. The molecule has 0 bridgehead atoms. The van der Waals surface area contributed by atoms with Crippen molar-refractivity contribution in [3.8, 4) is 5.75 Å². The fourth-order valence-corrected chi connectivity index (χ4v) is 5.07. The van der Waals surface area contributed by atoms with Crippen molar-refractivity contribution in [1.82, 2.24) is 20.9 Å². The van der Waals surface area contributed by atoms with Gasteiger partial charge in [0, 0.05) is 6.42 Å². The Morgan fingerprint density at radius 3 is 2.15 bits per heavy atom. The van der Waals surface area contributed by atoms with E-state index in [0.717, 1.165) is 30.5 Å². The summed E-state index contributed by atoms with van der Waals surface area (Å²) in [6, 6.07) is 13.6. The first-order valence-corrected chi connectivity index (χ1v) is 14.1. The third-order valence-electron chi connectivity index (χ3n) is 7.82. The van der Waals surface area contributed by atoms with Crippen LogP contribution in [0.4, 0.5) is 0 Å². The minimum Gasteiger partial charge on any atom is -0.497 e. The largest absolute Gasteiger partial charge is 0.497 e. The van der Waals surface area contributed by atoms with Crippen molar-refractivity contribution in [2.45, 2.75) is 69.3 Å². The van der Waals surface area contributed by atoms with Gasteiger partial charge in [-0.1, -0.05) is 42.5 Å². The minimum absolute atomic E-state index is 0.174. The van der Waals surface area contributed by atoms with Crippen molar-refractivity contribution in [3.05, 3.63) is 65.7 Å². The zero-order chi connectivity index (χ0) is 29.6. The Bertz CT molecular complexity index is 1230. The third-order valence-corrected chi connectivity index (χ3v) is 7.82. The van der Waals surface area contributed by atoms with Gasteiger partial charge in [0.2, 0.25) is 17.7 Å². The molecule has 2 fully saturated rings. The number of nitrogens with zero attached hydrogens (tertiary/aromatic N) is 1. The molecular weight excluding hydrogens is 524 g/mol. The molecule has 3 N–H and O–H groups in total. The number of methoxy groups -OCH3 is 1. The lowest BCUT2D eigenvalue weighted by molar-refractivity contribution is -0.134. The molecule has 10 heteroatoms. The predicted molar refractivity (Wildman–Crippen MR) is 153 cm³/mol. The summed E-state index contributed by atoms with van der Waals surface area (Å²) in [5.74, 6) is -0.753. The first-order valence-electron chi connectivity index (χ1n) is 14.1. The van der Waals surface area contributed by atoms with Crippen molar-refractivity contribution >= 4 is 23.5 Å². The molecule has 2 aromatic carbocycles. The van der Waals surface area contributed by atoms with Crippen LogP contribution in [0.5, 0.6) is 5.75 Å². The van der Waals surface area contributed by atoms with Gasteiger partial charge in [0.05, 0.1) is 25.8 Å². The summed E-state index contributed by atoms with van der Waals surface area (Å²) in [6.45, 7) is 4.43. The quantitative estimate of drug-likeness (QED) is 0.314. The smallest absolute Gasteiger partial charge is 0.243 e. The highest BCUT2D eigenvalue weighted by Gasteiger charge is 2.50. The highest BCUT2D eigenvalue weighted by Crippen LogP contribution is 2.29. The van der Waals surface area contributed by atoms with E-state index in [2.05, 4.69) is 16.0 Å². The van der Waals surface area contributed by atoms with Crippen molar-refractivity contribution in [2.75, 3.05) is 27.3 Å². The number of epoxide rings is 1. The van der Waals surface area contributed by atoms with Gasteiger partial charge in [0.15, 0.2) is 5.78 Å². The van der Waals surface area contributed by atoms with E-state index in [-0.39, 0.29) is 30.6 Å². The summed E-state index contributed by atoms with van der Waals surface area (Å²) in [6.07, 6.45) is 2.12. The lowest BCUT2D eigenvalue weighted by Gasteiger charge is -2.26. The molecule has 10 nitrogen and oxygen atoms in total. The third kappa shape index (κ3) is 7.92. The van der Waals surface area contributed by atoms with Gasteiger partial charge in [-0.2, -0.15) is 0 Å². The molecule has 5 unspecified atom stereocenters. The first-order chi connectivity index (χ1) is 19.6. The molecule has 0 radical (unpaired) electrons. The number of likely N-dealkylation sites (tertiary alicyclic amines) is 1. The van der Waals surface area contributed by atoms with Crippen LogP contribution in [0.3, 0.4) is 0 Å². The van der Waals surface area contributed by atoms with E-state index in [0.29, 0.717) is 12.4 Å². The van der Waals surface area contributed by atoms with Gasteiger partial charge in [0.25, 0.3) is 0 Å². The number of hydrogen-bond donors (Lipinski definition) is 3. The number of ketones is 1. The molecule has 2 aromatic rings. The van der Waals surface area contributed by atoms with E-state index in [1.54, 1.807) is 33.1 Å². The van der Waals surface area contributed by atoms with Gasteiger partial charge < -0.3 is 25.4 Å². The molecule has 0 saturated carbocycles. The summed E-state index contributed by atoms with van der Waals surface area (Å²) in [7, 11) is 3.45. The average molecular weight is 565 g/mol. The van der Waals surface area contributed by atoms with Crippen LogP contribution in [-0.2, 0) is 36.8 Å². The van der Waals surface area contributed by atoms with Gasteiger partial charge in [0.1, 0.15) is 23.4 Å². The number of ether oxygens (including phenoxy) is 2. The standard InChI is InChI=1S/C31H40N4O6/c1-20(32-30(39)26-11-8-16-35(26)3)28(37)34-25(18-22-12-14-23(40-4)15-13-22)29(38)33-24(27(36)31(2)19-41-31)17-21-9-6-5-7-10-21/h5-7,9-10,12-15,20,24-26H,8,11,16-19H2,1-4H3,(H,32,39)(H,33,38)(H,34,37). The van der Waals surface area contributed by atoms with Crippen LogP contribution in [0.1, 0.15) is 37.8 Å². The summed E-state index contributed by atoms with van der Waals surface area (Å²) < 4.78 is 10.6. The van der Waals surface area contributed by atoms with Crippen LogP contribution < -0.4 is 20.7 Å². The number of carbonyl (C=O) groups excluding carboxylic acids is 4. The molecule has 0 aliphatic carbocycles. The second-order valence-corrected chi connectivity index (χ2v) is 11.1. The molecule has 2 saturated heterocycles. The Balaban J connectivity index is 1.50. The summed E-state index contributed by atoms with van der Waals surface area (Å²) in [4.78, 5) is 55.0. The minimum atomic E-state index is -0.997. The first kappa shape index (κ1) is 30.2. The van der Waals surface area contributed by atoms with E-state index in [9.17, 15) is 19.2 Å². The van der Waals surface area contributed by atoms with E-state index in [1.807, 2.05) is 54.4 Å². The summed E-state index contributed by atoms with van der Waals surface area (Å²) in [5.41, 5.74) is 0.742. The van der Waals surface area contributed by atoms with E-state index < -0.39 is 35.5 Å². The Morgan fingerprint density at radius 1 is 0.951 bits per heavy atom. The van der Waals surface area contributed by atoms with Crippen LogP contribution >= 0.6 is 0 Å². The molecular formula is C31H40N4O6. The molecule has 3 amide bonds. The molecule has 5 atom stereocenters. The normalized spacial score (nSPS) is 22.2. The zero-order valence-corrected chi connectivity index (χ0v) is 24.1. The van der Waals surface area contributed by atoms with E-state index in [4.69, 9.17) is 9.47 Å². The number of rotatable bonds is 13. The molecule has 220 valence electrons. The number of amides is 3. The summed E-state index contributed by atoms with van der Waals surface area (Å²) in [5, 5.41) is 8.48. The topological polar surface area (TPSA) is 129 Å². The molecule has 0 spiro atoms. The lowest BCUT2D eigenvalue weighted by Crippen LogP contribution is -2.58. The maximum Gasteiger partial charge on any atom is 0.243 e. The van der Waals surface area contributed by atoms with Gasteiger partial charge >= 0.3 is 0 Å². The highest BCUT2D eigenvalue weighted by molar-refractivity contribution is 5.98. The van der Waals surface area contributed by atoms with E-state index in [1.165, 1.54) is 0 Å². The maximum absolute atomic E-state index is 13.7. The van der Waals surface area contributed by atoms with Gasteiger partial charge in [-0.3, -0.25) is 24.1 Å². The maximum atomic E-state index is 13.7. The number of hydrogen-bond acceptors (Lipinski definition) is 7. The molecule has 0 aromatic heterocycles. The Kier molecular flexibility index (Phi) is 9.77. The monoisotopic (exact) mass is 564 g/mol. The molecule has 41 heavy (non-hydrogen) atoms. The number of likely N-dealkylation sites (N-methyl/N-ethyl adjacent to an activating group) is 1. The number of carbonyl (C=O) groups is 4. The Hall–Kier alpha value is -3.76. The van der Waals surface area contributed by atoms with Gasteiger partial charge in [-0.05, 0) is 70.0 Å². The highest BCUT2D eigenvalue weighted by atomic mass is 16.6. The van der Waals surface area contributed by atoms with Crippen molar-refractivity contribution in [1.29, 1.82) is 0 Å². The number of Topliss-reactive ketones (excluding diaryl/α,β-unsaturated/α-hetero) is 1. The Labute approximate surface area is 241 Å². The van der Waals surface area contributed by atoms with Crippen molar-refractivity contribution in [2.24, 2.45) is 0 Å². The number of nitrogens with one attached hydrogen (secondary N) is 3. The van der Waals surface area contributed by atoms with Crippen molar-refractivity contribution in [3.63, 3.8) is 0 Å². The van der Waals surface area contributed by atoms with Crippen LogP contribution in [0, 0.1) is 0 Å². The van der Waals surface area contributed by atoms with Crippen LogP contribution in [0.25, 0.3) is 0 Å². The van der Waals surface area contributed by atoms with Gasteiger partial charge in [-0.15, -0.1) is 0 Å². The fraction of sp³-hybridized carbons (Fsp3) is 0.484. The second-order valence-electron chi connectivity index (χ2n) is 11.1. The van der Waals surface area contributed by atoms with E-state index >= 15 is 0 Å². The van der Waals surface area contributed by atoms with Gasteiger partial charge in [-0.25, -0.2) is 0 Å². The lowest BCUT2D eigenvalue weighted by atomic mass is 9.94. The molecule has 2 heterocycles. The predicted octanol–water partition coefficient (Wildman–Crippen LogP) is 1.41. The number of benzene rings is 2. The fourth-order valence-electron chi connectivity index (χ4n) is 5.07. The molecule has 2 aliphatic heterocycles. The van der Waals surface area contributed by atoms with Crippen LogP contribution in [0.2, 0.25) is 0 Å². The van der Waals surface area contributed by atoms with Crippen LogP contribution in [0.15, 0.2) is 54.6 Å². The summed E-state index contributed by atoms with van der Waals surface area (Å²) >= 11 is 0.